The Labute approximate surface area is 181 Å². The summed E-state index contributed by atoms with van der Waals surface area (Å²) in [6, 6.07) is 8.45. The van der Waals surface area contributed by atoms with E-state index in [1.165, 1.54) is 34.0 Å². The van der Waals surface area contributed by atoms with Gasteiger partial charge in [-0.15, -0.1) is 0 Å². The van der Waals surface area contributed by atoms with Gasteiger partial charge in [0.1, 0.15) is 11.5 Å². The molecule has 1 aliphatic rings. The van der Waals surface area contributed by atoms with Gasteiger partial charge < -0.3 is 14.6 Å². The highest BCUT2D eigenvalue weighted by Gasteiger charge is 2.55. The van der Waals surface area contributed by atoms with E-state index < -0.39 is 35.4 Å². The predicted octanol–water partition coefficient (Wildman–Crippen LogP) is 4.07. The molecule has 2 atom stereocenters. The molecule has 1 aliphatic heterocycles. The van der Waals surface area contributed by atoms with Gasteiger partial charge in [-0.3, -0.25) is 9.78 Å². The number of fused-ring (bicyclic) bond motifs is 1. The van der Waals surface area contributed by atoms with Crippen LogP contribution in [0.4, 0.5) is 17.6 Å². The molecule has 1 N–H and O–H groups in total. The standard InChI is InChI=1S/C22H20F4N4O2/c1-13-11-29(12-16-10-28-20(30(13)16)21(2,32)22(24,25)26)19(31)18-17(4-3-9-27-18)14-5-7-15(23)8-6-14/h3-10,13,32H,11-12H2,1-2H3/t13-,21+/m0/s1. The normalized spacial score (nSPS) is 18.2. The Morgan fingerprint density at radius 3 is 2.50 bits per heavy atom. The molecule has 1 amide bonds. The first-order chi connectivity index (χ1) is 15.0. The number of amides is 1. The number of imidazole rings is 1. The molecule has 3 aromatic rings. The summed E-state index contributed by atoms with van der Waals surface area (Å²) < 4.78 is 54.7. The van der Waals surface area contributed by atoms with Crippen LogP contribution in [0.5, 0.6) is 0 Å². The van der Waals surface area contributed by atoms with Crippen molar-refractivity contribution >= 4 is 5.91 Å². The summed E-state index contributed by atoms with van der Waals surface area (Å²) in [5.41, 5.74) is -1.47. The number of aliphatic hydroxyl groups is 1. The van der Waals surface area contributed by atoms with E-state index in [-0.39, 0.29) is 18.8 Å². The first-order valence-corrected chi connectivity index (χ1v) is 9.86. The van der Waals surface area contributed by atoms with Crippen LogP contribution >= 0.6 is 0 Å². The highest BCUT2D eigenvalue weighted by atomic mass is 19.4. The van der Waals surface area contributed by atoms with Crippen LogP contribution < -0.4 is 0 Å². The molecule has 32 heavy (non-hydrogen) atoms. The molecule has 3 heterocycles. The van der Waals surface area contributed by atoms with Crippen molar-refractivity contribution in [2.45, 2.75) is 38.2 Å². The van der Waals surface area contributed by atoms with Gasteiger partial charge in [-0.25, -0.2) is 9.37 Å². The van der Waals surface area contributed by atoms with Crippen LogP contribution in [0.15, 0.2) is 48.8 Å². The summed E-state index contributed by atoms with van der Waals surface area (Å²) >= 11 is 0. The minimum atomic E-state index is -4.90. The molecule has 0 radical (unpaired) electrons. The molecule has 168 valence electrons. The third-order valence-electron chi connectivity index (χ3n) is 5.59. The maximum atomic E-state index is 13.4. The van der Waals surface area contributed by atoms with Crippen molar-refractivity contribution in [3.63, 3.8) is 0 Å². The van der Waals surface area contributed by atoms with Gasteiger partial charge in [-0.1, -0.05) is 18.2 Å². The monoisotopic (exact) mass is 448 g/mol. The number of pyridine rings is 1. The molecule has 0 saturated heterocycles. The number of benzene rings is 1. The van der Waals surface area contributed by atoms with E-state index in [4.69, 9.17) is 0 Å². The highest BCUT2D eigenvalue weighted by Crippen LogP contribution is 2.40. The van der Waals surface area contributed by atoms with Crippen LogP contribution in [0.3, 0.4) is 0 Å². The second-order valence-corrected chi connectivity index (χ2v) is 7.95. The van der Waals surface area contributed by atoms with Crippen LogP contribution in [0, 0.1) is 5.82 Å². The van der Waals surface area contributed by atoms with Gasteiger partial charge in [0.25, 0.3) is 5.91 Å². The molecule has 2 aromatic heterocycles. The molecular weight excluding hydrogens is 428 g/mol. The predicted molar refractivity (Wildman–Crippen MR) is 107 cm³/mol. The average Bonchev–Trinajstić information content (AvgIpc) is 3.18. The molecule has 0 spiro atoms. The third-order valence-corrected chi connectivity index (χ3v) is 5.59. The molecule has 0 unspecified atom stereocenters. The largest absolute Gasteiger partial charge is 0.424 e. The van der Waals surface area contributed by atoms with Crippen LogP contribution in [0.2, 0.25) is 0 Å². The smallest absolute Gasteiger partial charge is 0.374 e. The number of rotatable bonds is 3. The highest BCUT2D eigenvalue weighted by molar-refractivity contribution is 5.99. The van der Waals surface area contributed by atoms with Crippen molar-refractivity contribution in [2.24, 2.45) is 0 Å². The second-order valence-electron chi connectivity index (χ2n) is 7.95. The van der Waals surface area contributed by atoms with Crippen molar-refractivity contribution < 1.29 is 27.5 Å². The lowest BCUT2D eigenvalue weighted by Crippen LogP contribution is -2.45. The maximum absolute atomic E-state index is 13.4. The van der Waals surface area contributed by atoms with Crippen molar-refractivity contribution in [3.8, 4) is 11.1 Å². The summed E-state index contributed by atoms with van der Waals surface area (Å²) in [5, 5.41) is 10.1. The minimum absolute atomic E-state index is 0.00351. The maximum Gasteiger partial charge on any atom is 0.424 e. The zero-order valence-electron chi connectivity index (χ0n) is 17.3. The Balaban J connectivity index is 1.67. The van der Waals surface area contributed by atoms with Gasteiger partial charge in [0.2, 0.25) is 5.60 Å². The summed E-state index contributed by atoms with van der Waals surface area (Å²) in [7, 11) is 0. The lowest BCUT2D eigenvalue weighted by molar-refractivity contribution is -0.263. The first-order valence-electron chi connectivity index (χ1n) is 9.86. The number of carbonyl (C=O) groups is 1. The fraction of sp³-hybridized carbons (Fsp3) is 0.318. The molecule has 0 aliphatic carbocycles. The van der Waals surface area contributed by atoms with Crippen LogP contribution in [0.1, 0.15) is 41.9 Å². The third kappa shape index (κ3) is 3.64. The summed E-state index contributed by atoms with van der Waals surface area (Å²) in [6.07, 6.45) is -2.19. The quantitative estimate of drug-likeness (QED) is 0.614. The Morgan fingerprint density at radius 1 is 1.16 bits per heavy atom. The van der Waals surface area contributed by atoms with Crippen molar-refractivity contribution in [1.29, 1.82) is 0 Å². The lowest BCUT2D eigenvalue weighted by Gasteiger charge is -2.36. The Hall–Kier alpha value is -3.27. The SMILES string of the molecule is C[C@H]1CN(C(=O)c2ncccc2-c2ccc(F)cc2)Cc2cnc([C@@](C)(O)C(F)(F)F)n21. The van der Waals surface area contributed by atoms with Gasteiger partial charge in [0.15, 0.2) is 5.82 Å². The van der Waals surface area contributed by atoms with E-state index in [9.17, 15) is 27.5 Å². The fourth-order valence-corrected chi connectivity index (χ4v) is 3.90. The number of halogens is 4. The number of hydrogen-bond acceptors (Lipinski definition) is 4. The second kappa shape index (κ2) is 7.70. The van der Waals surface area contributed by atoms with Gasteiger partial charge >= 0.3 is 6.18 Å². The van der Waals surface area contributed by atoms with Crippen molar-refractivity contribution in [2.75, 3.05) is 6.54 Å². The van der Waals surface area contributed by atoms with E-state index in [0.717, 1.165) is 0 Å². The molecule has 10 heteroatoms. The molecule has 0 fully saturated rings. The van der Waals surface area contributed by atoms with Crippen LogP contribution in [-0.4, -0.2) is 43.2 Å². The van der Waals surface area contributed by atoms with E-state index in [0.29, 0.717) is 23.7 Å². The number of nitrogens with zero attached hydrogens (tertiary/aromatic N) is 4. The van der Waals surface area contributed by atoms with E-state index in [2.05, 4.69) is 9.97 Å². The molecular formula is C22H20F4N4O2. The van der Waals surface area contributed by atoms with E-state index >= 15 is 0 Å². The van der Waals surface area contributed by atoms with Crippen LogP contribution in [0.25, 0.3) is 11.1 Å². The molecule has 0 saturated carbocycles. The Bertz CT molecular complexity index is 1160. The topological polar surface area (TPSA) is 71.2 Å². The molecule has 1 aromatic carbocycles. The van der Waals surface area contributed by atoms with Gasteiger partial charge in [0.05, 0.1) is 24.5 Å². The average molecular weight is 448 g/mol. The summed E-state index contributed by atoms with van der Waals surface area (Å²) in [5.74, 6) is -1.33. The number of carbonyl (C=O) groups excluding carboxylic acids is 1. The number of hydrogen-bond donors (Lipinski definition) is 1. The van der Waals surface area contributed by atoms with Crippen molar-refractivity contribution in [1.82, 2.24) is 19.4 Å². The van der Waals surface area contributed by atoms with E-state index in [1.807, 2.05) is 0 Å². The molecule has 6 nitrogen and oxygen atoms in total. The molecule has 0 bridgehead atoms. The fourth-order valence-electron chi connectivity index (χ4n) is 3.90. The van der Waals surface area contributed by atoms with Gasteiger partial charge in [-0.2, -0.15) is 13.2 Å². The summed E-state index contributed by atoms with van der Waals surface area (Å²) in [6.45, 7) is 2.42. The summed E-state index contributed by atoms with van der Waals surface area (Å²) in [4.78, 5) is 22.8. The van der Waals surface area contributed by atoms with E-state index in [1.54, 1.807) is 31.2 Å². The zero-order chi connectivity index (χ0) is 23.3. The van der Waals surface area contributed by atoms with Crippen LogP contribution in [-0.2, 0) is 12.1 Å². The zero-order valence-corrected chi connectivity index (χ0v) is 17.3. The Morgan fingerprint density at radius 2 is 1.84 bits per heavy atom. The number of alkyl halides is 3. The Kier molecular flexibility index (Phi) is 5.28. The first kappa shape index (κ1) is 21.9. The van der Waals surface area contributed by atoms with Gasteiger partial charge in [-0.05, 0) is 37.6 Å². The van der Waals surface area contributed by atoms with Gasteiger partial charge in [0, 0.05) is 18.3 Å². The molecule has 4 rings (SSSR count). The lowest BCUT2D eigenvalue weighted by atomic mass is 10.0. The number of aromatic nitrogens is 3. The minimum Gasteiger partial charge on any atom is -0.374 e. The van der Waals surface area contributed by atoms with Crippen molar-refractivity contribution in [3.05, 3.63) is 71.8 Å².